The van der Waals surface area contributed by atoms with Gasteiger partial charge in [-0.1, -0.05) is 25.3 Å². The van der Waals surface area contributed by atoms with Gasteiger partial charge in [-0.15, -0.1) is 6.58 Å². The lowest BCUT2D eigenvalue weighted by molar-refractivity contribution is 0.226. The van der Waals surface area contributed by atoms with Gasteiger partial charge in [-0.25, -0.2) is 14.8 Å². The van der Waals surface area contributed by atoms with Crippen molar-refractivity contribution in [3.05, 3.63) is 41.3 Å². The first kappa shape index (κ1) is 20.4. The maximum absolute atomic E-state index is 13.0. The molecule has 3 heterocycles. The SMILES string of the molecule is C=CCn1c(=O)c(N2CCC(NC(=O)NC3CCCCC3)CC2)nc2cccnc21. The molecule has 2 aliphatic rings. The van der Waals surface area contributed by atoms with Crippen LogP contribution in [0.3, 0.4) is 0 Å². The summed E-state index contributed by atoms with van der Waals surface area (Å²) in [5.74, 6) is 0.447. The van der Waals surface area contributed by atoms with E-state index in [-0.39, 0.29) is 17.6 Å². The normalized spacial score (nSPS) is 18.3. The van der Waals surface area contributed by atoms with E-state index in [1.807, 2.05) is 17.0 Å². The number of nitrogens with zero attached hydrogens (tertiary/aromatic N) is 4. The molecule has 1 aliphatic heterocycles. The number of pyridine rings is 1. The predicted molar refractivity (Wildman–Crippen MR) is 118 cm³/mol. The van der Waals surface area contributed by atoms with E-state index < -0.39 is 0 Å². The predicted octanol–water partition coefficient (Wildman–Crippen LogP) is 2.58. The van der Waals surface area contributed by atoms with Crippen LogP contribution in [-0.4, -0.2) is 45.7 Å². The Morgan fingerprint density at radius 2 is 1.83 bits per heavy atom. The van der Waals surface area contributed by atoms with E-state index in [9.17, 15) is 9.59 Å². The van der Waals surface area contributed by atoms with Gasteiger partial charge in [-0.2, -0.15) is 0 Å². The molecular formula is C22H30N6O2. The second-order valence-electron chi connectivity index (χ2n) is 8.20. The number of carbonyl (C=O) groups is 1. The number of urea groups is 1. The van der Waals surface area contributed by atoms with Crippen LogP contribution in [-0.2, 0) is 6.54 Å². The third-order valence-corrected chi connectivity index (χ3v) is 6.07. The Morgan fingerprint density at radius 1 is 1.13 bits per heavy atom. The summed E-state index contributed by atoms with van der Waals surface area (Å²) in [5, 5.41) is 6.22. The average Bonchev–Trinajstić information content (AvgIpc) is 2.77. The molecule has 2 N–H and O–H groups in total. The van der Waals surface area contributed by atoms with E-state index >= 15 is 0 Å². The zero-order chi connectivity index (χ0) is 20.9. The fraction of sp³-hybridized carbons (Fsp3) is 0.545. The molecule has 0 bridgehead atoms. The first-order valence-corrected chi connectivity index (χ1v) is 10.9. The third kappa shape index (κ3) is 4.47. The summed E-state index contributed by atoms with van der Waals surface area (Å²) in [6, 6.07) is 4.04. The highest BCUT2D eigenvalue weighted by molar-refractivity contribution is 5.74. The molecule has 4 rings (SSSR count). The van der Waals surface area contributed by atoms with Gasteiger partial charge in [-0.3, -0.25) is 9.36 Å². The summed E-state index contributed by atoms with van der Waals surface area (Å²) in [5.41, 5.74) is 1.12. The number of hydrogen-bond acceptors (Lipinski definition) is 5. The van der Waals surface area contributed by atoms with Crippen molar-refractivity contribution >= 4 is 23.0 Å². The van der Waals surface area contributed by atoms with E-state index in [4.69, 9.17) is 0 Å². The second kappa shape index (κ2) is 9.28. The van der Waals surface area contributed by atoms with Crippen LogP contribution in [0.1, 0.15) is 44.9 Å². The Kier molecular flexibility index (Phi) is 6.30. The van der Waals surface area contributed by atoms with Crippen LogP contribution in [0.5, 0.6) is 0 Å². The molecule has 2 aromatic rings. The van der Waals surface area contributed by atoms with Gasteiger partial charge in [0.15, 0.2) is 11.5 Å². The van der Waals surface area contributed by atoms with Crippen molar-refractivity contribution in [2.75, 3.05) is 18.0 Å². The van der Waals surface area contributed by atoms with Gasteiger partial charge in [-0.05, 0) is 37.8 Å². The standard InChI is InChI=1S/C22H30N6O2/c1-2-13-28-19-18(9-6-12-23-19)26-20(21(28)29)27-14-10-17(11-15-27)25-22(30)24-16-7-4-3-5-8-16/h2,6,9,12,16-17H,1,3-5,7-8,10-11,13-15H2,(H2,24,25,30). The van der Waals surface area contributed by atoms with Crippen molar-refractivity contribution in [3.63, 3.8) is 0 Å². The summed E-state index contributed by atoms with van der Waals surface area (Å²) >= 11 is 0. The van der Waals surface area contributed by atoms with Crippen LogP contribution < -0.4 is 21.1 Å². The maximum Gasteiger partial charge on any atom is 0.315 e. The molecule has 8 nitrogen and oxygen atoms in total. The van der Waals surface area contributed by atoms with Gasteiger partial charge in [0.2, 0.25) is 0 Å². The highest BCUT2D eigenvalue weighted by atomic mass is 16.2. The van der Waals surface area contributed by atoms with Crippen molar-refractivity contribution in [2.45, 2.75) is 63.6 Å². The van der Waals surface area contributed by atoms with E-state index in [0.717, 1.165) is 25.7 Å². The van der Waals surface area contributed by atoms with Crippen LogP contribution in [0, 0.1) is 0 Å². The highest BCUT2D eigenvalue weighted by Gasteiger charge is 2.25. The number of piperidine rings is 1. The Balaban J connectivity index is 1.41. The number of amides is 2. The minimum atomic E-state index is -0.150. The quantitative estimate of drug-likeness (QED) is 0.739. The van der Waals surface area contributed by atoms with Crippen LogP contribution in [0.15, 0.2) is 35.8 Å². The molecule has 1 saturated carbocycles. The summed E-state index contributed by atoms with van der Waals surface area (Å²) in [4.78, 5) is 36.3. The molecule has 2 fully saturated rings. The van der Waals surface area contributed by atoms with Gasteiger partial charge in [0.25, 0.3) is 5.56 Å². The number of nitrogens with one attached hydrogen (secondary N) is 2. The third-order valence-electron chi connectivity index (χ3n) is 6.07. The highest BCUT2D eigenvalue weighted by Crippen LogP contribution is 2.19. The topological polar surface area (TPSA) is 92.2 Å². The van der Waals surface area contributed by atoms with Crippen molar-refractivity contribution < 1.29 is 4.79 Å². The van der Waals surface area contributed by atoms with Crippen molar-refractivity contribution in [1.82, 2.24) is 25.2 Å². The van der Waals surface area contributed by atoms with Crippen molar-refractivity contribution in [3.8, 4) is 0 Å². The fourth-order valence-corrected chi connectivity index (χ4v) is 4.46. The van der Waals surface area contributed by atoms with Crippen molar-refractivity contribution in [1.29, 1.82) is 0 Å². The van der Waals surface area contributed by atoms with Gasteiger partial charge in [0.05, 0.1) is 0 Å². The average molecular weight is 411 g/mol. The van der Waals surface area contributed by atoms with Gasteiger partial charge >= 0.3 is 6.03 Å². The molecule has 0 radical (unpaired) electrons. The molecule has 0 atom stereocenters. The molecule has 30 heavy (non-hydrogen) atoms. The number of hydrogen-bond donors (Lipinski definition) is 2. The Morgan fingerprint density at radius 3 is 2.53 bits per heavy atom. The zero-order valence-electron chi connectivity index (χ0n) is 17.3. The molecule has 0 unspecified atom stereocenters. The molecule has 1 aliphatic carbocycles. The lowest BCUT2D eigenvalue weighted by atomic mass is 9.96. The Bertz CT molecular complexity index is 958. The summed E-state index contributed by atoms with van der Waals surface area (Å²) in [6.45, 7) is 5.50. The molecule has 2 aromatic heterocycles. The molecule has 160 valence electrons. The first-order valence-electron chi connectivity index (χ1n) is 10.9. The van der Waals surface area contributed by atoms with Crippen LogP contribution in [0.25, 0.3) is 11.2 Å². The number of rotatable bonds is 5. The number of allylic oxidation sites excluding steroid dienone is 1. The molecule has 0 aromatic carbocycles. The fourth-order valence-electron chi connectivity index (χ4n) is 4.46. The monoisotopic (exact) mass is 410 g/mol. The Labute approximate surface area is 176 Å². The lowest BCUT2D eigenvalue weighted by Crippen LogP contribution is -2.51. The number of anilines is 1. The van der Waals surface area contributed by atoms with E-state index in [1.54, 1.807) is 16.8 Å². The maximum atomic E-state index is 13.0. The summed E-state index contributed by atoms with van der Waals surface area (Å²) in [7, 11) is 0. The minimum Gasteiger partial charge on any atom is -0.352 e. The van der Waals surface area contributed by atoms with Gasteiger partial charge < -0.3 is 15.5 Å². The summed E-state index contributed by atoms with van der Waals surface area (Å²) in [6.07, 6.45) is 10.7. The molecule has 1 saturated heterocycles. The number of fused-ring (bicyclic) bond motifs is 1. The molecule has 8 heteroatoms. The van der Waals surface area contributed by atoms with Crippen LogP contribution in [0.2, 0.25) is 0 Å². The second-order valence-corrected chi connectivity index (χ2v) is 8.20. The Hall–Kier alpha value is -2.90. The molecule has 2 amide bonds. The van der Waals surface area contributed by atoms with Gasteiger partial charge in [0.1, 0.15) is 5.52 Å². The lowest BCUT2D eigenvalue weighted by Gasteiger charge is -2.33. The number of carbonyl (C=O) groups excluding carboxylic acids is 1. The molecular weight excluding hydrogens is 380 g/mol. The van der Waals surface area contributed by atoms with Crippen LogP contribution in [0.4, 0.5) is 10.6 Å². The zero-order valence-corrected chi connectivity index (χ0v) is 17.3. The van der Waals surface area contributed by atoms with Crippen LogP contribution >= 0.6 is 0 Å². The largest absolute Gasteiger partial charge is 0.352 e. The first-order chi connectivity index (χ1) is 14.7. The van der Waals surface area contributed by atoms with E-state index in [0.29, 0.717) is 42.7 Å². The number of aromatic nitrogens is 3. The minimum absolute atomic E-state index is 0.0661. The molecule has 0 spiro atoms. The smallest absolute Gasteiger partial charge is 0.315 e. The van der Waals surface area contributed by atoms with E-state index in [2.05, 4.69) is 27.2 Å². The van der Waals surface area contributed by atoms with Gasteiger partial charge in [0, 0.05) is 37.9 Å². The van der Waals surface area contributed by atoms with Crippen molar-refractivity contribution in [2.24, 2.45) is 0 Å². The van der Waals surface area contributed by atoms with E-state index in [1.165, 1.54) is 19.3 Å². The summed E-state index contributed by atoms with van der Waals surface area (Å²) < 4.78 is 1.62.